The first-order chi connectivity index (χ1) is 6.83. The van der Waals surface area contributed by atoms with Crippen molar-refractivity contribution in [1.82, 2.24) is 0 Å². The summed E-state index contributed by atoms with van der Waals surface area (Å²) in [7, 11) is 0.318. The van der Waals surface area contributed by atoms with E-state index in [1.165, 1.54) is 0 Å². The Hall–Kier alpha value is 0.700. The highest BCUT2D eigenvalue weighted by molar-refractivity contribution is 7.40. The molecule has 0 atom stereocenters. The van der Waals surface area contributed by atoms with Crippen LogP contribution in [0.4, 0.5) is 0 Å². The van der Waals surface area contributed by atoms with Crippen molar-refractivity contribution in [2.45, 2.75) is 36.7 Å². The molecule has 4 nitrogen and oxygen atoms in total. The summed E-state index contributed by atoms with van der Waals surface area (Å²) in [5, 5.41) is 38.7. The Morgan fingerprint density at radius 3 is 1.73 bits per heavy atom. The molecular weight excluding hydrogens is 234 g/mol. The normalized spacial score (nSPS) is 42.4. The van der Waals surface area contributed by atoms with Crippen molar-refractivity contribution in [3.63, 3.8) is 0 Å². The molecule has 0 bridgehead atoms. The van der Waals surface area contributed by atoms with E-state index in [0.717, 1.165) is 33.7 Å². The van der Waals surface area contributed by atoms with Gasteiger partial charge < -0.3 is 20.4 Å². The maximum Gasteiger partial charge on any atom is 0.184 e. The Labute approximate surface area is 92.7 Å². The molecule has 2 saturated heterocycles. The van der Waals surface area contributed by atoms with Crippen LogP contribution in [0.5, 0.6) is 0 Å². The Morgan fingerprint density at radius 1 is 0.800 bits per heavy atom. The van der Waals surface area contributed by atoms with Crippen molar-refractivity contribution in [2.24, 2.45) is 5.41 Å². The molecule has 0 saturated carbocycles. The van der Waals surface area contributed by atoms with E-state index in [2.05, 4.69) is 0 Å². The molecule has 1 spiro atoms. The zero-order chi connectivity index (χ0) is 11.2. The van der Waals surface area contributed by atoms with E-state index >= 15 is 0 Å². The predicted molar refractivity (Wildman–Crippen MR) is 61.6 cm³/mol. The molecule has 88 valence electrons. The van der Waals surface area contributed by atoms with Gasteiger partial charge in [0.05, 0.1) is 0 Å². The van der Waals surface area contributed by atoms with Crippen molar-refractivity contribution < 1.29 is 20.4 Å². The molecule has 0 aromatic rings. The van der Waals surface area contributed by atoms with Gasteiger partial charge in [-0.25, -0.2) is 0 Å². The SMILES string of the molecule is OC1(O)CC2(CCPCC2)CC(O)(O)P1. The summed E-state index contributed by atoms with van der Waals surface area (Å²) in [6.45, 7) is 0. The third-order valence-electron chi connectivity index (χ3n) is 3.31. The summed E-state index contributed by atoms with van der Waals surface area (Å²) in [5.41, 5.74) is -4.03. The lowest BCUT2D eigenvalue weighted by molar-refractivity contribution is -0.181. The van der Waals surface area contributed by atoms with Crippen LogP contribution < -0.4 is 0 Å². The maximum absolute atomic E-state index is 9.68. The van der Waals surface area contributed by atoms with Crippen molar-refractivity contribution in [2.75, 3.05) is 12.3 Å². The van der Waals surface area contributed by atoms with Gasteiger partial charge in [-0.3, -0.25) is 0 Å². The molecule has 2 aliphatic heterocycles. The minimum atomic E-state index is -1.89. The summed E-state index contributed by atoms with van der Waals surface area (Å²) >= 11 is 0. The van der Waals surface area contributed by atoms with Crippen LogP contribution in [0.25, 0.3) is 0 Å². The van der Waals surface area contributed by atoms with Gasteiger partial charge in [0.15, 0.2) is 11.1 Å². The van der Waals surface area contributed by atoms with Crippen LogP contribution in [0.2, 0.25) is 0 Å². The van der Waals surface area contributed by atoms with Crippen molar-refractivity contribution in [3.8, 4) is 0 Å². The summed E-state index contributed by atoms with van der Waals surface area (Å²) in [6, 6.07) is 0. The second kappa shape index (κ2) is 3.87. The number of aliphatic hydroxyl groups is 4. The first-order valence-electron chi connectivity index (χ1n) is 5.22. The first kappa shape index (κ1) is 12.2. The molecule has 0 unspecified atom stereocenters. The van der Waals surface area contributed by atoms with Gasteiger partial charge >= 0.3 is 0 Å². The monoisotopic (exact) mass is 252 g/mol. The molecule has 2 heterocycles. The minimum absolute atomic E-state index is 0.260. The quantitative estimate of drug-likeness (QED) is 0.366. The van der Waals surface area contributed by atoms with Crippen LogP contribution in [0.3, 0.4) is 0 Å². The molecule has 2 fully saturated rings. The van der Waals surface area contributed by atoms with Gasteiger partial charge in [-0.1, -0.05) is 0 Å². The van der Waals surface area contributed by atoms with Gasteiger partial charge in [-0.05, 0) is 30.6 Å². The average molecular weight is 252 g/mol. The zero-order valence-corrected chi connectivity index (χ0v) is 10.5. The molecule has 0 aromatic carbocycles. The third-order valence-corrected chi connectivity index (χ3v) is 5.67. The topological polar surface area (TPSA) is 80.9 Å². The summed E-state index contributed by atoms with van der Waals surface area (Å²) in [6.07, 6.45) is 4.53. The highest BCUT2D eigenvalue weighted by Gasteiger charge is 2.52. The fraction of sp³-hybridized carbons (Fsp3) is 1.00. The Balaban J connectivity index is 2.18. The van der Waals surface area contributed by atoms with Gasteiger partial charge in [0, 0.05) is 21.4 Å². The van der Waals surface area contributed by atoms with Crippen LogP contribution in [0.15, 0.2) is 0 Å². The number of hydrogen-bond donors (Lipinski definition) is 4. The van der Waals surface area contributed by atoms with Gasteiger partial charge in [-0.15, -0.1) is 8.58 Å². The second-order valence-electron chi connectivity index (χ2n) is 4.86. The molecule has 0 amide bonds. The van der Waals surface area contributed by atoms with Gasteiger partial charge in [0.1, 0.15) is 0 Å². The number of rotatable bonds is 0. The third kappa shape index (κ3) is 2.88. The summed E-state index contributed by atoms with van der Waals surface area (Å²) in [5.74, 6) is 0. The van der Waals surface area contributed by atoms with E-state index in [1.807, 2.05) is 0 Å². The molecule has 2 aliphatic rings. The zero-order valence-electron chi connectivity index (χ0n) is 8.53. The van der Waals surface area contributed by atoms with E-state index in [0.29, 0.717) is 12.8 Å². The lowest BCUT2D eigenvalue weighted by Gasteiger charge is -2.49. The van der Waals surface area contributed by atoms with Crippen molar-refractivity contribution >= 4 is 17.2 Å². The first-order valence-corrected chi connectivity index (χ1v) is 7.64. The molecule has 0 aliphatic carbocycles. The number of hydrogen-bond acceptors (Lipinski definition) is 4. The molecule has 4 N–H and O–H groups in total. The second-order valence-corrected chi connectivity index (χ2v) is 8.21. The Kier molecular flexibility index (Phi) is 3.14. The van der Waals surface area contributed by atoms with E-state index in [-0.39, 0.29) is 5.41 Å². The lowest BCUT2D eigenvalue weighted by atomic mass is 9.75. The van der Waals surface area contributed by atoms with E-state index < -0.39 is 19.6 Å². The van der Waals surface area contributed by atoms with Crippen molar-refractivity contribution in [1.29, 1.82) is 0 Å². The summed E-state index contributed by atoms with van der Waals surface area (Å²) in [4.78, 5) is 0. The Morgan fingerprint density at radius 2 is 1.27 bits per heavy atom. The maximum atomic E-state index is 9.68. The minimum Gasteiger partial charge on any atom is -0.362 e. The van der Waals surface area contributed by atoms with Crippen LogP contribution in [0, 0.1) is 5.41 Å². The van der Waals surface area contributed by atoms with Crippen LogP contribution in [-0.2, 0) is 0 Å². The highest BCUT2D eigenvalue weighted by atomic mass is 31.1. The van der Waals surface area contributed by atoms with Crippen molar-refractivity contribution in [3.05, 3.63) is 0 Å². The highest BCUT2D eigenvalue weighted by Crippen LogP contribution is 2.59. The standard InChI is InChI=1S/C9H18O4P2/c10-8(11)5-7(1-3-14-4-2-7)6-9(12,13)15-8/h10-15H,1-6H2. The Bertz CT molecular complexity index is 230. The van der Waals surface area contributed by atoms with Crippen LogP contribution >= 0.6 is 17.2 Å². The van der Waals surface area contributed by atoms with E-state index in [4.69, 9.17) is 0 Å². The lowest BCUT2D eigenvalue weighted by Crippen LogP contribution is -2.48. The van der Waals surface area contributed by atoms with Crippen LogP contribution in [-0.4, -0.2) is 43.8 Å². The molecule has 2 rings (SSSR count). The largest absolute Gasteiger partial charge is 0.362 e. The van der Waals surface area contributed by atoms with Gasteiger partial charge in [0.2, 0.25) is 0 Å². The molecular formula is C9H18O4P2. The predicted octanol–water partition coefficient (Wildman–Crippen LogP) is 0.194. The fourth-order valence-electron chi connectivity index (χ4n) is 2.83. The van der Waals surface area contributed by atoms with E-state index in [9.17, 15) is 20.4 Å². The average Bonchev–Trinajstić information content (AvgIpc) is 1.97. The van der Waals surface area contributed by atoms with Gasteiger partial charge in [-0.2, -0.15) is 0 Å². The fourth-order valence-corrected chi connectivity index (χ4v) is 6.06. The molecule has 15 heavy (non-hydrogen) atoms. The molecule has 6 heteroatoms. The summed E-state index contributed by atoms with van der Waals surface area (Å²) < 4.78 is 0. The molecule has 0 radical (unpaired) electrons. The van der Waals surface area contributed by atoms with Gasteiger partial charge in [0.25, 0.3) is 0 Å². The van der Waals surface area contributed by atoms with E-state index in [1.54, 1.807) is 0 Å². The van der Waals surface area contributed by atoms with Crippen LogP contribution in [0.1, 0.15) is 25.7 Å². The smallest absolute Gasteiger partial charge is 0.184 e. The molecule has 0 aromatic heterocycles.